The van der Waals surface area contributed by atoms with Crippen LogP contribution in [-0.4, -0.2) is 38.4 Å². The molecule has 0 saturated heterocycles. The fourth-order valence-corrected chi connectivity index (χ4v) is 2.59. The molecule has 1 N–H and O–H groups in total. The van der Waals surface area contributed by atoms with E-state index in [0.29, 0.717) is 28.7 Å². The van der Waals surface area contributed by atoms with Crippen molar-refractivity contribution in [2.45, 2.75) is 19.6 Å². The summed E-state index contributed by atoms with van der Waals surface area (Å²) in [6.45, 7) is 2.94. The maximum Gasteiger partial charge on any atom is 0.146 e. The van der Waals surface area contributed by atoms with Gasteiger partial charge in [-0.05, 0) is 26.1 Å². The smallest absolute Gasteiger partial charge is 0.146 e. The lowest BCUT2D eigenvalue weighted by molar-refractivity contribution is 0.122. The first-order valence-corrected chi connectivity index (χ1v) is 7.30. The zero-order chi connectivity index (χ0) is 15.6. The minimum atomic E-state index is -0.686. The normalized spacial score (nSPS) is 12.9. The zero-order valence-electron chi connectivity index (χ0n) is 12.2. The topological polar surface area (TPSA) is 54.2 Å². The first-order valence-electron chi connectivity index (χ1n) is 6.55. The summed E-state index contributed by atoms with van der Waals surface area (Å²) in [5.41, 5.74) is 0.669. The highest BCUT2D eigenvalue weighted by Crippen LogP contribution is 2.26. The number of aryl methyl sites for hydroxylation is 1. The molecule has 7 heteroatoms. The molecular weight excluding hydrogens is 311 g/mol. The number of aliphatic hydroxyl groups is 1. The van der Waals surface area contributed by atoms with Crippen LogP contribution < -0.4 is 0 Å². The predicted molar refractivity (Wildman–Crippen MR) is 83.5 cm³/mol. The highest BCUT2D eigenvalue weighted by atomic mass is 35.5. The van der Waals surface area contributed by atoms with Gasteiger partial charge in [-0.25, -0.2) is 0 Å². The van der Waals surface area contributed by atoms with E-state index >= 15 is 0 Å². The summed E-state index contributed by atoms with van der Waals surface area (Å²) in [6, 6.07) is 5.10. The zero-order valence-corrected chi connectivity index (χ0v) is 13.7. The molecule has 1 aromatic carbocycles. The van der Waals surface area contributed by atoms with Crippen LogP contribution in [0.5, 0.6) is 0 Å². The van der Waals surface area contributed by atoms with Gasteiger partial charge in [0, 0.05) is 29.2 Å². The molecule has 21 heavy (non-hydrogen) atoms. The standard InChI is InChI=1S/C14H18Cl2N4O/c1-9-17-18-14(20(9)3)8-19(2)7-13(21)11-5-4-10(15)6-12(11)16/h4-6,13,21H,7-8H2,1-3H3. The van der Waals surface area contributed by atoms with Crippen LogP contribution in [0.2, 0.25) is 10.0 Å². The van der Waals surface area contributed by atoms with E-state index in [1.807, 2.05) is 30.5 Å². The largest absolute Gasteiger partial charge is 0.387 e. The summed E-state index contributed by atoms with van der Waals surface area (Å²) in [6.07, 6.45) is -0.686. The van der Waals surface area contributed by atoms with Gasteiger partial charge >= 0.3 is 0 Å². The molecule has 1 atom stereocenters. The third-order valence-corrected chi connectivity index (χ3v) is 3.96. The molecule has 1 unspecified atom stereocenters. The maximum atomic E-state index is 10.3. The summed E-state index contributed by atoms with van der Waals surface area (Å²) in [4.78, 5) is 1.97. The van der Waals surface area contributed by atoms with Crippen LogP contribution in [0, 0.1) is 6.92 Å². The Morgan fingerprint density at radius 3 is 2.62 bits per heavy atom. The van der Waals surface area contributed by atoms with Crippen LogP contribution in [0.15, 0.2) is 18.2 Å². The summed E-state index contributed by atoms with van der Waals surface area (Å²) in [7, 11) is 3.84. The van der Waals surface area contributed by atoms with Crippen LogP contribution >= 0.6 is 23.2 Å². The lowest BCUT2D eigenvalue weighted by Gasteiger charge is -2.21. The number of halogens is 2. The molecule has 0 spiro atoms. The lowest BCUT2D eigenvalue weighted by atomic mass is 10.1. The molecular formula is C14H18Cl2N4O. The molecule has 5 nitrogen and oxygen atoms in total. The number of hydrogen-bond donors (Lipinski definition) is 1. The van der Waals surface area contributed by atoms with Gasteiger partial charge in [-0.3, -0.25) is 4.90 Å². The van der Waals surface area contributed by atoms with Gasteiger partial charge in [0.05, 0.1) is 12.6 Å². The van der Waals surface area contributed by atoms with Crippen molar-refractivity contribution < 1.29 is 5.11 Å². The van der Waals surface area contributed by atoms with Crippen LogP contribution in [0.4, 0.5) is 0 Å². The Morgan fingerprint density at radius 1 is 1.33 bits per heavy atom. The highest BCUT2D eigenvalue weighted by molar-refractivity contribution is 6.35. The minimum absolute atomic E-state index is 0.438. The molecule has 0 aliphatic carbocycles. The maximum absolute atomic E-state index is 10.3. The van der Waals surface area contributed by atoms with Gasteiger partial charge in [0.2, 0.25) is 0 Å². The second-order valence-corrected chi connectivity index (χ2v) is 5.94. The second kappa shape index (κ2) is 6.75. The molecule has 0 aliphatic rings. The van der Waals surface area contributed by atoms with Crippen LogP contribution in [0.3, 0.4) is 0 Å². The van der Waals surface area contributed by atoms with Gasteiger partial charge in [-0.2, -0.15) is 0 Å². The van der Waals surface area contributed by atoms with E-state index in [-0.39, 0.29) is 0 Å². The van der Waals surface area contributed by atoms with Crippen molar-refractivity contribution in [1.82, 2.24) is 19.7 Å². The van der Waals surface area contributed by atoms with Gasteiger partial charge < -0.3 is 9.67 Å². The van der Waals surface area contributed by atoms with Gasteiger partial charge in [-0.1, -0.05) is 29.3 Å². The Morgan fingerprint density at radius 2 is 2.05 bits per heavy atom. The number of rotatable bonds is 5. The van der Waals surface area contributed by atoms with E-state index in [9.17, 15) is 5.11 Å². The monoisotopic (exact) mass is 328 g/mol. The third-order valence-electron chi connectivity index (χ3n) is 3.40. The van der Waals surface area contributed by atoms with Crippen molar-refractivity contribution >= 4 is 23.2 Å². The average Bonchev–Trinajstić information content (AvgIpc) is 2.70. The fraction of sp³-hybridized carbons (Fsp3) is 0.429. The molecule has 114 valence electrons. The Labute approximate surface area is 134 Å². The number of benzene rings is 1. The first kappa shape index (κ1) is 16.2. The molecule has 0 radical (unpaired) electrons. The number of aromatic nitrogens is 3. The van der Waals surface area contributed by atoms with Gasteiger partial charge in [0.25, 0.3) is 0 Å². The molecule has 0 amide bonds. The summed E-state index contributed by atoms with van der Waals surface area (Å²) in [5, 5.41) is 19.5. The molecule has 0 saturated carbocycles. The molecule has 0 bridgehead atoms. The Kier molecular flexibility index (Phi) is 5.22. The minimum Gasteiger partial charge on any atom is -0.387 e. The lowest BCUT2D eigenvalue weighted by Crippen LogP contribution is -2.25. The second-order valence-electron chi connectivity index (χ2n) is 5.10. The predicted octanol–water partition coefficient (Wildman–Crippen LogP) is 2.60. The van der Waals surface area contributed by atoms with E-state index in [1.165, 1.54) is 0 Å². The summed E-state index contributed by atoms with van der Waals surface area (Å²) >= 11 is 12.0. The van der Waals surface area contributed by atoms with E-state index in [0.717, 1.165) is 11.6 Å². The van der Waals surface area contributed by atoms with Crippen LogP contribution in [0.1, 0.15) is 23.3 Å². The Balaban J connectivity index is 2.01. The molecule has 1 heterocycles. The van der Waals surface area contributed by atoms with Crippen molar-refractivity contribution in [2.75, 3.05) is 13.6 Å². The average molecular weight is 329 g/mol. The summed E-state index contributed by atoms with van der Waals surface area (Å²) in [5.74, 6) is 1.71. The van der Waals surface area contributed by atoms with Gasteiger partial charge in [0.1, 0.15) is 11.6 Å². The highest BCUT2D eigenvalue weighted by Gasteiger charge is 2.16. The molecule has 2 rings (SSSR count). The fourth-order valence-electron chi connectivity index (χ4n) is 2.06. The number of hydrogen-bond acceptors (Lipinski definition) is 4. The molecule has 1 aromatic heterocycles. The van der Waals surface area contributed by atoms with E-state index in [4.69, 9.17) is 23.2 Å². The van der Waals surface area contributed by atoms with E-state index < -0.39 is 6.10 Å². The Hall–Kier alpha value is -1.14. The third kappa shape index (κ3) is 3.95. The first-order chi connectivity index (χ1) is 9.88. The number of aliphatic hydroxyl groups excluding tert-OH is 1. The molecule has 0 aliphatic heterocycles. The van der Waals surface area contributed by atoms with Crippen molar-refractivity contribution in [3.05, 3.63) is 45.5 Å². The summed E-state index contributed by atoms with van der Waals surface area (Å²) < 4.78 is 1.93. The number of nitrogens with zero attached hydrogens (tertiary/aromatic N) is 4. The van der Waals surface area contributed by atoms with E-state index in [1.54, 1.807) is 18.2 Å². The number of likely N-dealkylation sites (N-methyl/N-ethyl adjacent to an activating group) is 1. The van der Waals surface area contributed by atoms with Crippen LogP contribution in [-0.2, 0) is 13.6 Å². The quantitative estimate of drug-likeness (QED) is 0.916. The van der Waals surface area contributed by atoms with Crippen LogP contribution in [0.25, 0.3) is 0 Å². The van der Waals surface area contributed by atoms with Crippen molar-refractivity contribution in [2.24, 2.45) is 7.05 Å². The molecule has 0 fully saturated rings. The molecule has 2 aromatic rings. The Bertz CT molecular complexity index is 629. The van der Waals surface area contributed by atoms with Gasteiger partial charge in [0.15, 0.2) is 0 Å². The van der Waals surface area contributed by atoms with Crippen molar-refractivity contribution in [3.8, 4) is 0 Å². The van der Waals surface area contributed by atoms with Gasteiger partial charge in [-0.15, -0.1) is 10.2 Å². The van der Waals surface area contributed by atoms with E-state index in [2.05, 4.69) is 10.2 Å². The van der Waals surface area contributed by atoms with Crippen molar-refractivity contribution in [3.63, 3.8) is 0 Å². The SMILES string of the molecule is Cc1nnc(CN(C)CC(O)c2ccc(Cl)cc2Cl)n1C. The van der Waals surface area contributed by atoms with Crippen molar-refractivity contribution in [1.29, 1.82) is 0 Å².